The van der Waals surface area contributed by atoms with Crippen LogP contribution >= 0.6 is 0 Å². The Morgan fingerprint density at radius 1 is 1.13 bits per heavy atom. The summed E-state index contributed by atoms with van der Waals surface area (Å²) in [6.45, 7) is 0. The van der Waals surface area contributed by atoms with Gasteiger partial charge in [0.2, 0.25) is 5.91 Å². The van der Waals surface area contributed by atoms with Crippen LogP contribution in [0.1, 0.15) is 38.5 Å². The molecule has 0 aliphatic carbocycles. The van der Waals surface area contributed by atoms with Crippen molar-refractivity contribution in [1.82, 2.24) is 5.32 Å². The highest BCUT2D eigenvalue weighted by Crippen LogP contribution is 2.09. The van der Waals surface area contributed by atoms with E-state index < -0.39 is 17.8 Å². The van der Waals surface area contributed by atoms with E-state index in [0.29, 0.717) is 12.8 Å². The molecule has 0 aromatic carbocycles. The number of hydrogen-bond acceptors (Lipinski definition) is 3. The van der Waals surface area contributed by atoms with E-state index in [1.165, 1.54) is 0 Å². The van der Waals surface area contributed by atoms with Crippen molar-refractivity contribution in [1.29, 1.82) is 0 Å². The van der Waals surface area contributed by atoms with Crippen molar-refractivity contribution in [2.24, 2.45) is 0 Å². The standard InChI is InChI=1S/C10H15NO4/c12-7-5-3-1-2-4-6-8(13)11-9(7)10(14)15/h9H,1-6H2,(H,11,13)(H,14,15)/t9-/m0/s1. The van der Waals surface area contributed by atoms with Gasteiger partial charge in [-0.1, -0.05) is 12.8 Å². The first kappa shape index (κ1) is 11.7. The van der Waals surface area contributed by atoms with Crippen LogP contribution in [-0.4, -0.2) is 28.8 Å². The van der Waals surface area contributed by atoms with Gasteiger partial charge < -0.3 is 10.4 Å². The van der Waals surface area contributed by atoms with Crippen LogP contribution in [0.25, 0.3) is 0 Å². The van der Waals surface area contributed by atoms with Gasteiger partial charge in [-0.3, -0.25) is 9.59 Å². The number of ketones is 1. The molecule has 1 heterocycles. The average molecular weight is 213 g/mol. The van der Waals surface area contributed by atoms with E-state index in [-0.39, 0.29) is 12.3 Å². The number of rotatable bonds is 1. The second kappa shape index (κ2) is 5.48. The quantitative estimate of drug-likeness (QED) is 0.620. The normalized spacial score (nSPS) is 24.4. The number of aliphatic carboxylic acids is 1. The predicted molar refractivity (Wildman–Crippen MR) is 52.3 cm³/mol. The number of Topliss-reactive ketones (excluding diaryl/α,β-unsaturated/α-hetero) is 1. The number of amides is 1. The van der Waals surface area contributed by atoms with Crippen molar-refractivity contribution in [3.05, 3.63) is 0 Å². The van der Waals surface area contributed by atoms with Gasteiger partial charge in [0.15, 0.2) is 11.8 Å². The number of carbonyl (C=O) groups excluding carboxylic acids is 2. The van der Waals surface area contributed by atoms with Crippen molar-refractivity contribution in [2.75, 3.05) is 0 Å². The number of carboxylic acid groups (broad SMARTS) is 1. The number of nitrogens with one attached hydrogen (secondary N) is 1. The molecule has 1 saturated heterocycles. The van der Waals surface area contributed by atoms with E-state index in [2.05, 4.69) is 5.32 Å². The molecule has 15 heavy (non-hydrogen) atoms. The van der Waals surface area contributed by atoms with Crippen LogP contribution in [0.2, 0.25) is 0 Å². The molecule has 0 aromatic heterocycles. The molecule has 1 aliphatic heterocycles. The Kier molecular flexibility index (Phi) is 4.27. The van der Waals surface area contributed by atoms with Gasteiger partial charge in [0, 0.05) is 12.8 Å². The minimum absolute atomic E-state index is 0.233. The minimum atomic E-state index is -1.35. The molecule has 1 atom stereocenters. The fraction of sp³-hybridized carbons (Fsp3) is 0.700. The number of carbonyl (C=O) groups is 3. The van der Waals surface area contributed by atoms with Crippen LogP contribution in [0, 0.1) is 0 Å². The third-order valence-electron chi connectivity index (χ3n) is 2.45. The molecule has 0 radical (unpaired) electrons. The molecule has 1 amide bonds. The lowest BCUT2D eigenvalue weighted by molar-refractivity contribution is -0.146. The zero-order valence-corrected chi connectivity index (χ0v) is 8.49. The van der Waals surface area contributed by atoms with Gasteiger partial charge in [0.25, 0.3) is 0 Å². The molecule has 0 saturated carbocycles. The monoisotopic (exact) mass is 213 g/mol. The summed E-state index contributed by atoms with van der Waals surface area (Å²) in [7, 11) is 0. The van der Waals surface area contributed by atoms with Crippen LogP contribution in [0.15, 0.2) is 0 Å². The van der Waals surface area contributed by atoms with E-state index in [4.69, 9.17) is 5.11 Å². The third-order valence-corrected chi connectivity index (χ3v) is 2.45. The zero-order valence-electron chi connectivity index (χ0n) is 8.49. The summed E-state index contributed by atoms with van der Waals surface area (Å²) in [6.07, 6.45) is 3.79. The van der Waals surface area contributed by atoms with Gasteiger partial charge in [0.1, 0.15) is 0 Å². The molecule has 0 bridgehead atoms. The highest BCUT2D eigenvalue weighted by molar-refractivity contribution is 6.05. The summed E-state index contributed by atoms with van der Waals surface area (Å²) in [5.74, 6) is -2.02. The lowest BCUT2D eigenvalue weighted by Crippen LogP contribution is -2.46. The van der Waals surface area contributed by atoms with Crippen molar-refractivity contribution in [3.8, 4) is 0 Å². The molecule has 1 rings (SSSR count). The third kappa shape index (κ3) is 3.69. The van der Waals surface area contributed by atoms with Gasteiger partial charge >= 0.3 is 5.97 Å². The van der Waals surface area contributed by atoms with Gasteiger partial charge in [-0.2, -0.15) is 0 Å². The molecule has 5 heteroatoms. The first-order valence-electron chi connectivity index (χ1n) is 5.16. The Bertz CT molecular complexity index is 275. The second-order valence-electron chi connectivity index (χ2n) is 3.72. The summed E-state index contributed by atoms with van der Waals surface area (Å²) in [5.41, 5.74) is 0. The largest absolute Gasteiger partial charge is 0.479 e. The van der Waals surface area contributed by atoms with Crippen molar-refractivity contribution < 1.29 is 19.5 Å². The molecular weight excluding hydrogens is 198 g/mol. The van der Waals surface area contributed by atoms with Gasteiger partial charge in [-0.15, -0.1) is 0 Å². The highest BCUT2D eigenvalue weighted by Gasteiger charge is 2.27. The summed E-state index contributed by atoms with van der Waals surface area (Å²) in [4.78, 5) is 33.4. The van der Waals surface area contributed by atoms with Crippen LogP contribution in [0.5, 0.6) is 0 Å². The van der Waals surface area contributed by atoms with Gasteiger partial charge in [0.05, 0.1) is 0 Å². The Labute approximate surface area is 87.8 Å². The van der Waals surface area contributed by atoms with Crippen LogP contribution in [-0.2, 0) is 14.4 Å². The Balaban J connectivity index is 2.66. The molecule has 0 aromatic rings. The average Bonchev–Trinajstić information content (AvgIpc) is 2.18. The first-order valence-corrected chi connectivity index (χ1v) is 5.16. The highest BCUT2D eigenvalue weighted by atomic mass is 16.4. The summed E-state index contributed by atoms with van der Waals surface area (Å²) in [6, 6.07) is -1.35. The fourth-order valence-electron chi connectivity index (χ4n) is 1.60. The smallest absolute Gasteiger partial charge is 0.334 e. The molecular formula is C10H15NO4. The first-order chi connectivity index (χ1) is 7.11. The van der Waals surface area contributed by atoms with E-state index in [0.717, 1.165) is 19.3 Å². The molecule has 84 valence electrons. The Morgan fingerprint density at radius 2 is 1.73 bits per heavy atom. The molecule has 2 N–H and O–H groups in total. The van der Waals surface area contributed by atoms with Crippen molar-refractivity contribution in [2.45, 2.75) is 44.6 Å². The fourth-order valence-corrected chi connectivity index (χ4v) is 1.60. The van der Waals surface area contributed by atoms with Gasteiger partial charge in [-0.05, 0) is 12.8 Å². The summed E-state index contributed by atoms with van der Waals surface area (Å²) in [5, 5.41) is 11.0. The van der Waals surface area contributed by atoms with E-state index >= 15 is 0 Å². The number of carboxylic acids is 1. The Hall–Kier alpha value is -1.39. The van der Waals surface area contributed by atoms with E-state index in [9.17, 15) is 14.4 Å². The van der Waals surface area contributed by atoms with Gasteiger partial charge in [-0.25, -0.2) is 4.79 Å². The van der Waals surface area contributed by atoms with Crippen molar-refractivity contribution in [3.63, 3.8) is 0 Å². The predicted octanol–water partition coefficient (Wildman–Crippen LogP) is 0.479. The number of hydrogen-bond donors (Lipinski definition) is 2. The maximum Gasteiger partial charge on any atom is 0.334 e. The maximum absolute atomic E-state index is 11.4. The molecule has 0 unspecified atom stereocenters. The van der Waals surface area contributed by atoms with Crippen molar-refractivity contribution >= 4 is 17.7 Å². The maximum atomic E-state index is 11.4. The second-order valence-corrected chi connectivity index (χ2v) is 3.72. The SMILES string of the molecule is O=C1CCCCCCC(=O)[C@@H](C(=O)O)N1. The van der Waals surface area contributed by atoms with Crippen LogP contribution in [0.3, 0.4) is 0 Å². The summed E-state index contributed by atoms with van der Waals surface area (Å²) >= 11 is 0. The lowest BCUT2D eigenvalue weighted by Gasteiger charge is -2.15. The van der Waals surface area contributed by atoms with E-state index in [1.54, 1.807) is 0 Å². The molecule has 1 aliphatic rings. The minimum Gasteiger partial charge on any atom is -0.479 e. The van der Waals surface area contributed by atoms with Crippen LogP contribution in [0.4, 0.5) is 0 Å². The van der Waals surface area contributed by atoms with Crippen LogP contribution < -0.4 is 5.32 Å². The molecule has 0 spiro atoms. The zero-order chi connectivity index (χ0) is 11.3. The molecule has 5 nitrogen and oxygen atoms in total. The summed E-state index contributed by atoms with van der Waals surface area (Å²) < 4.78 is 0. The topological polar surface area (TPSA) is 83.5 Å². The van der Waals surface area contributed by atoms with E-state index in [1.807, 2.05) is 0 Å². The molecule has 1 fully saturated rings. The lowest BCUT2D eigenvalue weighted by atomic mass is 10.0. The Morgan fingerprint density at radius 3 is 2.33 bits per heavy atom.